The average molecular weight is 230 g/mol. The van der Waals surface area contributed by atoms with Gasteiger partial charge >= 0.3 is 0 Å². The van der Waals surface area contributed by atoms with Crippen LogP contribution in [0.3, 0.4) is 0 Å². The third kappa shape index (κ3) is 3.08. The van der Waals surface area contributed by atoms with Gasteiger partial charge in [-0.3, -0.25) is 0 Å². The van der Waals surface area contributed by atoms with E-state index in [-0.39, 0.29) is 4.90 Å². The highest BCUT2D eigenvalue weighted by atomic mass is 32.2. The number of nitrogens with one attached hydrogen (secondary N) is 1. The molecule has 1 aromatic rings. The van der Waals surface area contributed by atoms with Crippen molar-refractivity contribution < 1.29 is 8.42 Å². The molecule has 1 rings (SSSR count). The number of hydrogen-bond donors (Lipinski definition) is 4. The molecule has 15 heavy (non-hydrogen) atoms. The molecule has 0 aliphatic heterocycles. The molecule has 0 radical (unpaired) electrons. The van der Waals surface area contributed by atoms with Crippen LogP contribution in [0.1, 0.15) is 0 Å². The summed E-state index contributed by atoms with van der Waals surface area (Å²) in [5.41, 5.74) is 11.9. The first kappa shape index (κ1) is 11.8. The Morgan fingerprint density at radius 1 is 1.33 bits per heavy atom. The Hall–Kier alpha value is -1.31. The maximum atomic E-state index is 11.1. The zero-order valence-electron chi connectivity index (χ0n) is 8.10. The number of nitrogens with two attached hydrogens (primary N) is 3. The highest BCUT2D eigenvalue weighted by Gasteiger charge is 2.09. The molecule has 0 spiro atoms. The summed E-state index contributed by atoms with van der Waals surface area (Å²) in [6.07, 6.45) is 0. The highest BCUT2D eigenvalue weighted by Crippen LogP contribution is 2.21. The molecular weight excluding hydrogens is 216 g/mol. The molecular formula is C8H14N4O2S. The molecule has 0 saturated heterocycles. The third-order valence-corrected chi connectivity index (χ3v) is 2.72. The fourth-order valence-electron chi connectivity index (χ4n) is 1.07. The van der Waals surface area contributed by atoms with Crippen LogP contribution in [0.25, 0.3) is 0 Å². The van der Waals surface area contributed by atoms with Crippen molar-refractivity contribution in [1.29, 1.82) is 0 Å². The lowest BCUT2D eigenvalue weighted by Gasteiger charge is -2.09. The van der Waals surface area contributed by atoms with Crippen molar-refractivity contribution in [3.05, 3.63) is 18.2 Å². The fourth-order valence-corrected chi connectivity index (χ4v) is 1.61. The maximum absolute atomic E-state index is 11.1. The zero-order valence-corrected chi connectivity index (χ0v) is 8.92. The van der Waals surface area contributed by atoms with Crippen LogP contribution in [0.2, 0.25) is 0 Å². The SMILES string of the molecule is NCCNc1cc(S(N)(=O)=O)ccc1N. The molecule has 0 atom stereocenters. The molecule has 6 nitrogen and oxygen atoms in total. The van der Waals surface area contributed by atoms with E-state index in [9.17, 15) is 8.42 Å². The number of benzene rings is 1. The van der Waals surface area contributed by atoms with Crippen LogP contribution < -0.4 is 21.9 Å². The lowest BCUT2D eigenvalue weighted by atomic mass is 10.2. The van der Waals surface area contributed by atoms with Gasteiger partial charge in [-0.2, -0.15) is 0 Å². The first-order valence-corrected chi connectivity index (χ1v) is 5.86. The molecule has 0 unspecified atom stereocenters. The van der Waals surface area contributed by atoms with Crippen LogP contribution in [0.15, 0.2) is 23.1 Å². The van der Waals surface area contributed by atoms with Gasteiger partial charge in [-0.25, -0.2) is 13.6 Å². The Labute approximate surface area is 88.5 Å². The van der Waals surface area contributed by atoms with Gasteiger partial charge in [0.2, 0.25) is 10.0 Å². The number of hydrogen-bond acceptors (Lipinski definition) is 5. The maximum Gasteiger partial charge on any atom is 0.238 e. The van der Waals surface area contributed by atoms with Gasteiger partial charge in [-0.05, 0) is 18.2 Å². The van der Waals surface area contributed by atoms with Crippen LogP contribution in [-0.4, -0.2) is 21.5 Å². The largest absolute Gasteiger partial charge is 0.397 e. The Bertz CT molecular complexity index is 444. The number of anilines is 2. The van der Waals surface area contributed by atoms with Gasteiger partial charge in [0, 0.05) is 13.1 Å². The van der Waals surface area contributed by atoms with Crippen LogP contribution in [0, 0.1) is 0 Å². The minimum Gasteiger partial charge on any atom is -0.397 e. The van der Waals surface area contributed by atoms with Crippen molar-refractivity contribution in [1.82, 2.24) is 0 Å². The Morgan fingerprint density at radius 2 is 2.00 bits per heavy atom. The van der Waals surface area contributed by atoms with Crippen LogP contribution in [-0.2, 0) is 10.0 Å². The van der Waals surface area contributed by atoms with E-state index in [1.165, 1.54) is 18.2 Å². The van der Waals surface area contributed by atoms with Crippen molar-refractivity contribution >= 4 is 21.4 Å². The van der Waals surface area contributed by atoms with Gasteiger partial charge in [-0.15, -0.1) is 0 Å². The van der Waals surface area contributed by atoms with Crippen molar-refractivity contribution in [3.63, 3.8) is 0 Å². The third-order valence-electron chi connectivity index (χ3n) is 1.81. The van der Waals surface area contributed by atoms with E-state index in [2.05, 4.69) is 5.32 Å². The molecule has 0 aromatic heterocycles. The Balaban J connectivity index is 3.06. The number of rotatable bonds is 4. The van der Waals surface area contributed by atoms with E-state index in [1.807, 2.05) is 0 Å². The molecule has 84 valence electrons. The predicted molar refractivity (Wildman–Crippen MR) is 59.8 cm³/mol. The summed E-state index contributed by atoms with van der Waals surface area (Å²) >= 11 is 0. The van der Waals surface area contributed by atoms with Gasteiger partial charge in [-0.1, -0.05) is 0 Å². The summed E-state index contributed by atoms with van der Waals surface area (Å²) in [5.74, 6) is 0. The van der Waals surface area contributed by atoms with Crippen molar-refractivity contribution in [2.24, 2.45) is 10.9 Å². The summed E-state index contributed by atoms with van der Waals surface area (Å²) in [6, 6.07) is 4.23. The summed E-state index contributed by atoms with van der Waals surface area (Å²) in [7, 11) is -3.69. The Kier molecular flexibility index (Phi) is 3.51. The van der Waals surface area contributed by atoms with E-state index in [1.54, 1.807) is 0 Å². The summed E-state index contributed by atoms with van der Waals surface area (Å²) in [5, 5.41) is 7.89. The topological polar surface area (TPSA) is 124 Å². The monoisotopic (exact) mass is 230 g/mol. The van der Waals surface area contributed by atoms with Crippen molar-refractivity contribution in [2.75, 3.05) is 24.1 Å². The molecule has 0 aliphatic carbocycles. The van der Waals surface area contributed by atoms with Gasteiger partial charge < -0.3 is 16.8 Å². The second kappa shape index (κ2) is 4.47. The number of primary sulfonamides is 1. The van der Waals surface area contributed by atoms with Gasteiger partial charge in [0.25, 0.3) is 0 Å². The summed E-state index contributed by atoms with van der Waals surface area (Å²) < 4.78 is 22.1. The summed E-state index contributed by atoms with van der Waals surface area (Å²) in [4.78, 5) is 0.0243. The molecule has 0 amide bonds. The Morgan fingerprint density at radius 3 is 2.53 bits per heavy atom. The minimum atomic E-state index is -3.69. The molecule has 7 heteroatoms. The zero-order chi connectivity index (χ0) is 11.5. The lowest BCUT2D eigenvalue weighted by Crippen LogP contribution is -2.16. The second-order valence-corrected chi connectivity index (χ2v) is 4.57. The first-order valence-electron chi connectivity index (χ1n) is 4.31. The number of sulfonamides is 1. The van der Waals surface area contributed by atoms with Crippen LogP contribution in [0.5, 0.6) is 0 Å². The van der Waals surface area contributed by atoms with Gasteiger partial charge in [0.15, 0.2) is 0 Å². The van der Waals surface area contributed by atoms with Crippen LogP contribution >= 0.6 is 0 Å². The standard InChI is InChI=1S/C8H14N4O2S/c9-3-4-12-8-5-6(15(11,13)14)1-2-7(8)10/h1-2,5,12H,3-4,9-10H2,(H2,11,13,14). The molecule has 1 aromatic carbocycles. The molecule has 7 N–H and O–H groups in total. The van der Waals surface area contributed by atoms with Crippen LogP contribution in [0.4, 0.5) is 11.4 Å². The lowest BCUT2D eigenvalue weighted by molar-refractivity contribution is 0.598. The van der Waals surface area contributed by atoms with E-state index in [0.29, 0.717) is 24.5 Å². The number of nitrogen functional groups attached to an aromatic ring is 1. The van der Waals surface area contributed by atoms with E-state index < -0.39 is 10.0 Å². The first-order chi connectivity index (χ1) is 6.95. The van der Waals surface area contributed by atoms with Crippen molar-refractivity contribution in [2.45, 2.75) is 4.90 Å². The minimum absolute atomic E-state index is 0.0243. The molecule has 0 aliphatic rings. The van der Waals surface area contributed by atoms with E-state index in [4.69, 9.17) is 16.6 Å². The van der Waals surface area contributed by atoms with E-state index >= 15 is 0 Å². The van der Waals surface area contributed by atoms with Gasteiger partial charge in [0.1, 0.15) is 0 Å². The van der Waals surface area contributed by atoms with Gasteiger partial charge in [0.05, 0.1) is 16.3 Å². The summed E-state index contributed by atoms with van der Waals surface area (Å²) in [6.45, 7) is 0.942. The fraction of sp³-hybridized carbons (Fsp3) is 0.250. The molecule has 0 bridgehead atoms. The molecule has 0 fully saturated rings. The second-order valence-electron chi connectivity index (χ2n) is 3.01. The predicted octanol–water partition coefficient (Wildman–Crippen LogP) is -0.713. The smallest absolute Gasteiger partial charge is 0.238 e. The quantitative estimate of drug-likeness (QED) is 0.508. The highest BCUT2D eigenvalue weighted by molar-refractivity contribution is 7.89. The van der Waals surface area contributed by atoms with E-state index in [0.717, 1.165) is 0 Å². The average Bonchev–Trinajstić information content (AvgIpc) is 2.15. The van der Waals surface area contributed by atoms with Crippen molar-refractivity contribution in [3.8, 4) is 0 Å². The molecule has 0 heterocycles. The normalized spacial score (nSPS) is 11.3. The molecule has 0 saturated carbocycles.